The summed E-state index contributed by atoms with van der Waals surface area (Å²) in [5.41, 5.74) is 6.53. The van der Waals surface area contributed by atoms with E-state index in [0.717, 1.165) is 6.42 Å². The van der Waals surface area contributed by atoms with Gasteiger partial charge in [0.2, 0.25) is 5.90 Å². The van der Waals surface area contributed by atoms with Gasteiger partial charge >= 0.3 is 0 Å². The number of ether oxygens (including phenoxy) is 2. The molecule has 16 heavy (non-hydrogen) atoms. The van der Waals surface area contributed by atoms with Crippen LogP contribution in [-0.2, 0) is 9.47 Å². The molecule has 1 fully saturated rings. The molecule has 2 rings (SSSR count). The summed E-state index contributed by atoms with van der Waals surface area (Å²) in [5, 5.41) is 7.78. The second-order valence-electron chi connectivity index (χ2n) is 3.63. The molecule has 1 atom stereocenters. The van der Waals surface area contributed by atoms with Gasteiger partial charge in [0.1, 0.15) is 19.8 Å². The molecule has 2 heterocycles. The number of hydrogen-bond acceptors (Lipinski definition) is 5. The van der Waals surface area contributed by atoms with Gasteiger partial charge < -0.3 is 15.2 Å². The first-order valence-electron chi connectivity index (χ1n) is 5.01. The molecule has 0 amide bonds. The molecule has 1 unspecified atom stereocenters. The molecule has 5 nitrogen and oxygen atoms in total. The molecule has 0 bridgehead atoms. The third-order valence-electron chi connectivity index (χ3n) is 2.36. The Kier molecular flexibility index (Phi) is 3.10. The number of aromatic nitrogens is 1. The number of rotatable bonds is 2. The summed E-state index contributed by atoms with van der Waals surface area (Å²) in [4.78, 5) is 3.87. The van der Waals surface area contributed by atoms with Crippen LogP contribution in [0.15, 0.2) is 12.3 Å². The Morgan fingerprint density at radius 1 is 1.69 bits per heavy atom. The highest BCUT2D eigenvalue weighted by molar-refractivity contribution is 6.32. The number of hydrogen-bond donors (Lipinski definition) is 2. The normalized spacial score (nSPS) is 19.6. The molecule has 1 saturated heterocycles. The molecule has 0 aromatic carbocycles. The summed E-state index contributed by atoms with van der Waals surface area (Å²) >= 11 is 0. The van der Waals surface area contributed by atoms with Gasteiger partial charge in [-0.25, -0.2) is 4.98 Å². The Morgan fingerprint density at radius 3 is 3.19 bits per heavy atom. The van der Waals surface area contributed by atoms with Gasteiger partial charge in [-0.05, 0) is 0 Å². The fourth-order valence-electron chi connectivity index (χ4n) is 1.51. The summed E-state index contributed by atoms with van der Waals surface area (Å²) in [6.07, 6.45) is 2.16. The van der Waals surface area contributed by atoms with E-state index in [1.165, 1.54) is 6.20 Å². The molecule has 1 aliphatic rings. The largest absolute Gasteiger partial charge is 0.472 e. The Morgan fingerprint density at radius 2 is 2.50 bits per heavy atom. The summed E-state index contributed by atoms with van der Waals surface area (Å²) in [5.74, 6) is 0.242. The maximum Gasteiger partial charge on any atom is 0.217 e. The van der Waals surface area contributed by atoms with E-state index in [1.54, 1.807) is 6.07 Å². The van der Waals surface area contributed by atoms with Crippen molar-refractivity contribution in [2.24, 2.45) is 0 Å². The Balaban J connectivity index is 2.10. The first-order chi connectivity index (χ1) is 7.66. The van der Waals surface area contributed by atoms with Gasteiger partial charge in [-0.15, -0.1) is 0 Å². The SMILES string of the molecule is [B]c1cnc(N)c(C(=N)OC2CCOC2)c1. The van der Waals surface area contributed by atoms with Gasteiger partial charge in [0.15, 0.2) is 0 Å². The fraction of sp³-hybridized carbons (Fsp3) is 0.400. The van der Waals surface area contributed by atoms with Crippen LogP contribution in [0.5, 0.6) is 0 Å². The molecule has 1 aromatic heterocycles. The molecule has 0 saturated carbocycles. The fourth-order valence-corrected chi connectivity index (χ4v) is 1.51. The van der Waals surface area contributed by atoms with E-state index >= 15 is 0 Å². The predicted molar refractivity (Wildman–Crippen MR) is 61.2 cm³/mol. The van der Waals surface area contributed by atoms with Crippen molar-refractivity contribution in [2.45, 2.75) is 12.5 Å². The number of nitrogens with one attached hydrogen (secondary N) is 1. The lowest BCUT2D eigenvalue weighted by molar-refractivity contribution is 0.134. The van der Waals surface area contributed by atoms with Crippen molar-refractivity contribution in [3.63, 3.8) is 0 Å². The molecule has 0 spiro atoms. The molecule has 3 N–H and O–H groups in total. The van der Waals surface area contributed by atoms with Crippen LogP contribution < -0.4 is 11.2 Å². The average Bonchev–Trinajstić information content (AvgIpc) is 2.74. The molecule has 6 heteroatoms. The summed E-state index contributed by atoms with van der Waals surface area (Å²) in [6, 6.07) is 1.58. The van der Waals surface area contributed by atoms with Crippen LogP contribution in [0.25, 0.3) is 0 Å². The van der Waals surface area contributed by atoms with Crippen LogP contribution in [0, 0.1) is 5.41 Å². The van der Waals surface area contributed by atoms with Crippen molar-refractivity contribution < 1.29 is 9.47 Å². The van der Waals surface area contributed by atoms with Crippen molar-refractivity contribution >= 4 is 25.0 Å². The summed E-state index contributed by atoms with van der Waals surface area (Å²) in [7, 11) is 5.58. The second-order valence-corrected chi connectivity index (χ2v) is 3.63. The molecular formula is C10H12BN3O2. The Hall–Kier alpha value is -1.56. The minimum absolute atomic E-state index is 0.00667. The molecule has 2 radical (unpaired) electrons. The molecule has 0 aliphatic carbocycles. The van der Waals surface area contributed by atoms with Crippen LogP contribution in [0.2, 0.25) is 0 Å². The predicted octanol–water partition coefficient (Wildman–Crippen LogP) is -0.412. The average molecular weight is 217 g/mol. The van der Waals surface area contributed by atoms with Crippen molar-refractivity contribution in [1.82, 2.24) is 4.98 Å². The number of nitrogens with zero attached hydrogens (tertiary/aromatic N) is 1. The monoisotopic (exact) mass is 217 g/mol. The highest BCUT2D eigenvalue weighted by atomic mass is 16.5. The van der Waals surface area contributed by atoms with Crippen LogP contribution in [0.4, 0.5) is 5.82 Å². The first kappa shape index (κ1) is 10.9. The van der Waals surface area contributed by atoms with E-state index < -0.39 is 0 Å². The highest BCUT2D eigenvalue weighted by Gasteiger charge is 2.20. The number of nitrogens with two attached hydrogens (primary N) is 1. The van der Waals surface area contributed by atoms with Crippen LogP contribution in [-0.4, -0.2) is 38.0 Å². The van der Waals surface area contributed by atoms with Crippen molar-refractivity contribution in [3.8, 4) is 0 Å². The minimum Gasteiger partial charge on any atom is -0.472 e. The molecular weight excluding hydrogens is 205 g/mol. The van der Waals surface area contributed by atoms with Crippen LogP contribution in [0.1, 0.15) is 12.0 Å². The second kappa shape index (κ2) is 4.53. The van der Waals surface area contributed by atoms with Crippen molar-refractivity contribution in [3.05, 3.63) is 17.8 Å². The molecule has 82 valence electrons. The highest BCUT2D eigenvalue weighted by Crippen LogP contribution is 2.13. The van der Waals surface area contributed by atoms with E-state index in [2.05, 4.69) is 4.98 Å². The van der Waals surface area contributed by atoms with Gasteiger partial charge in [-0.1, -0.05) is 11.5 Å². The van der Waals surface area contributed by atoms with E-state index in [1.807, 2.05) is 0 Å². The van der Waals surface area contributed by atoms with E-state index in [4.69, 9.17) is 28.5 Å². The van der Waals surface area contributed by atoms with Gasteiger partial charge in [0.25, 0.3) is 0 Å². The molecule has 1 aromatic rings. The third-order valence-corrected chi connectivity index (χ3v) is 2.36. The third kappa shape index (κ3) is 2.33. The van der Waals surface area contributed by atoms with Gasteiger partial charge in [-0.3, -0.25) is 5.41 Å². The van der Waals surface area contributed by atoms with Gasteiger partial charge in [0.05, 0.1) is 18.8 Å². The van der Waals surface area contributed by atoms with Gasteiger partial charge in [0, 0.05) is 12.6 Å². The standard InChI is InChI=1S/C10H12BN3O2/c11-6-3-8(9(12)14-4-6)10(13)16-7-1-2-15-5-7/h3-4,7,13H,1-2,5H2,(H2,12,14). The van der Waals surface area contributed by atoms with Crippen LogP contribution in [0.3, 0.4) is 0 Å². The lowest BCUT2D eigenvalue weighted by Crippen LogP contribution is -2.21. The Labute approximate surface area is 94.9 Å². The lowest BCUT2D eigenvalue weighted by Gasteiger charge is -2.13. The number of nitrogen functional groups attached to an aromatic ring is 1. The van der Waals surface area contributed by atoms with Crippen molar-refractivity contribution in [2.75, 3.05) is 18.9 Å². The zero-order valence-electron chi connectivity index (χ0n) is 8.77. The van der Waals surface area contributed by atoms with E-state index in [-0.39, 0.29) is 17.8 Å². The van der Waals surface area contributed by atoms with Crippen molar-refractivity contribution in [1.29, 1.82) is 5.41 Å². The lowest BCUT2D eigenvalue weighted by atomic mass is 9.97. The van der Waals surface area contributed by atoms with E-state index in [9.17, 15) is 0 Å². The first-order valence-corrected chi connectivity index (χ1v) is 5.01. The zero-order valence-corrected chi connectivity index (χ0v) is 8.77. The number of pyridine rings is 1. The maximum atomic E-state index is 7.78. The summed E-state index contributed by atoms with van der Waals surface area (Å²) < 4.78 is 10.6. The van der Waals surface area contributed by atoms with Crippen LogP contribution >= 0.6 is 0 Å². The molecule has 1 aliphatic heterocycles. The topological polar surface area (TPSA) is 81.2 Å². The zero-order chi connectivity index (χ0) is 11.5. The smallest absolute Gasteiger partial charge is 0.217 e. The van der Waals surface area contributed by atoms with E-state index in [0.29, 0.717) is 24.2 Å². The minimum atomic E-state index is -0.0756. The summed E-state index contributed by atoms with van der Waals surface area (Å²) in [6.45, 7) is 1.18. The van der Waals surface area contributed by atoms with Gasteiger partial charge in [-0.2, -0.15) is 0 Å². The quantitative estimate of drug-likeness (QED) is 0.400. The maximum absolute atomic E-state index is 7.78. The Bertz CT molecular complexity index is 405. The number of anilines is 1.